The minimum absolute atomic E-state index is 0.0795. The lowest BCUT2D eigenvalue weighted by Crippen LogP contribution is -2.57. The number of aliphatic carboxylic acids is 1. The molecule has 1 aliphatic rings. The first-order valence-corrected chi connectivity index (χ1v) is 6.42. The van der Waals surface area contributed by atoms with E-state index in [1.807, 2.05) is 0 Å². The molecule has 1 aliphatic heterocycles. The third-order valence-electron chi connectivity index (χ3n) is 3.44. The van der Waals surface area contributed by atoms with Crippen molar-refractivity contribution >= 4 is 11.9 Å². The van der Waals surface area contributed by atoms with Crippen LogP contribution in [-0.4, -0.2) is 40.8 Å². The van der Waals surface area contributed by atoms with Gasteiger partial charge in [-0.2, -0.15) is 0 Å². The fourth-order valence-corrected chi connectivity index (χ4v) is 2.22. The summed E-state index contributed by atoms with van der Waals surface area (Å²) in [4.78, 5) is 23.4. The molecule has 0 atom stereocenters. The number of benzene rings is 1. The number of phenols is 1. The molecule has 1 saturated heterocycles. The molecule has 20 heavy (non-hydrogen) atoms. The molecule has 3 N–H and O–H groups in total. The molecule has 1 aromatic carbocycles. The maximum absolute atomic E-state index is 12.0. The Morgan fingerprint density at radius 1 is 1.20 bits per heavy atom. The number of carboxylic acids is 1. The van der Waals surface area contributed by atoms with Crippen LogP contribution >= 0.6 is 0 Å². The smallest absolute Gasteiger partial charge is 0.329 e. The number of rotatable bonds is 4. The molecule has 0 bridgehead atoms. The number of carboxylic acid groups (broad SMARTS) is 1. The van der Waals surface area contributed by atoms with Gasteiger partial charge in [0.05, 0.1) is 6.42 Å². The average molecular weight is 279 g/mol. The first kappa shape index (κ1) is 14.3. The first-order valence-electron chi connectivity index (χ1n) is 6.42. The van der Waals surface area contributed by atoms with E-state index < -0.39 is 11.5 Å². The Kier molecular flexibility index (Phi) is 4.24. The Morgan fingerprint density at radius 3 is 2.35 bits per heavy atom. The monoisotopic (exact) mass is 279 g/mol. The van der Waals surface area contributed by atoms with E-state index in [4.69, 9.17) is 4.74 Å². The highest BCUT2D eigenvalue weighted by Gasteiger charge is 2.41. The fourth-order valence-electron chi connectivity index (χ4n) is 2.22. The van der Waals surface area contributed by atoms with Gasteiger partial charge >= 0.3 is 5.97 Å². The lowest BCUT2D eigenvalue weighted by Gasteiger charge is -2.33. The molecule has 1 heterocycles. The molecule has 1 amide bonds. The molecule has 108 valence electrons. The summed E-state index contributed by atoms with van der Waals surface area (Å²) in [5, 5.41) is 21.1. The van der Waals surface area contributed by atoms with Crippen LogP contribution in [0.2, 0.25) is 0 Å². The fraction of sp³-hybridized carbons (Fsp3) is 0.429. The molecule has 0 radical (unpaired) electrons. The van der Waals surface area contributed by atoms with Crippen LogP contribution in [0.25, 0.3) is 0 Å². The van der Waals surface area contributed by atoms with Gasteiger partial charge in [-0.05, 0) is 17.7 Å². The quantitative estimate of drug-likeness (QED) is 0.753. The van der Waals surface area contributed by atoms with E-state index >= 15 is 0 Å². The van der Waals surface area contributed by atoms with Gasteiger partial charge in [0.1, 0.15) is 11.3 Å². The van der Waals surface area contributed by atoms with Crippen molar-refractivity contribution in [1.29, 1.82) is 0 Å². The van der Waals surface area contributed by atoms with Gasteiger partial charge in [0, 0.05) is 26.1 Å². The molecule has 0 aliphatic carbocycles. The highest BCUT2D eigenvalue weighted by molar-refractivity contribution is 5.88. The summed E-state index contributed by atoms with van der Waals surface area (Å²) < 4.78 is 5.15. The molecule has 0 unspecified atom stereocenters. The number of nitrogens with one attached hydrogen (secondary N) is 1. The molecule has 0 spiro atoms. The highest BCUT2D eigenvalue weighted by atomic mass is 16.5. The van der Waals surface area contributed by atoms with Gasteiger partial charge in [0.15, 0.2) is 0 Å². The van der Waals surface area contributed by atoms with Gasteiger partial charge in [-0.1, -0.05) is 12.1 Å². The van der Waals surface area contributed by atoms with E-state index in [1.165, 1.54) is 12.1 Å². The molecular weight excluding hydrogens is 262 g/mol. The van der Waals surface area contributed by atoms with Crippen LogP contribution in [0.5, 0.6) is 5.75 Å². The number of amides is 1. The Labute approximate surface area is 116 Å². The third-order valence-corrected chi connectivity index (χ3v) is 3.44. The van der Waals surface area contributed by atoms with Crippen LogP contribution in [0.3, 0.4) is 0 Å². The number of hydrogen-bond donors (Lipinski definition) is 3. The molecular formula is C14H17NO5. The second-order valence-corrected chi connectivity index (χ2v) is 4.89. The van der Waals surface area contributed by atoms with E-state index in [2.05, 4.69) is 5.32 Å². The first-order chi connectivity index (χ1) is 9.52. The van der Waals surface area contributed by atoms with Crippen molar-refractivity contribution < 1.29 is 24.5 Å². The minimum Gasteiger partial charge on any atom is -0.508 e. The summed E-state index contributed by atoms with van der Waals surface area (Å²) in [7, 11) is 0. The third kappa shape index (κ3) is 3.27. The van der Waals surface area contributed by atoms with Crippen molar-refractivity contribution in [2.75, 3.05) is 13.2 Å². The summed E-state index contributed by atoms with van der Waals surface area (Å²) in [6.07, 6.45) is 0.615. The zero-order chi connectivity index (χ0) is 14.6. The second kappa shape index (κ2) is 5.92. The van der Waals surface area contributed by atoms with Crippen molar-refractivity contribution in [3.05, 3.63) is 29.8 Å². The molecule has 1 aromatic rings. The number of carbonyl (C=O) groups excluding carboxylic acids is 1. The molecule has 6 nitrogen and oxygen atoms in total. The topological polar surface area (TPSA) is 95.9 Å². The summed E-state index contributed by atoms with van der Waals surface area (Å²) in [6, 6.07) is 6.24. The number of hydrogen-bond acceptors (Lipinski definition) is 4. The van der Waals surface area contributed by atoms with Crippen LogP contribution in [0.4, 0.5) is 0 Å². The van der Waals surface area contributed by atoms with E-state index in [0.29, 0.717) is 18.8 Å². The number of carbonyl (C=O) groups is 2. The molecule has 1 fully saturated rings. The van der Waals surface area contributed by atoms with Gasteiger partial charge in [-0.25, -0.2) is 4.79 Å². The van der Waals surface area contributed by atoms with Crippen LogP contribution in [0, 0.1) is 0 Å². The molecule has 6 heteroatoms. The largest absolute Gasteiger partial charge is 0.508 e. The number of ether oxygens (including phenoxy) is 1. The lowest BCUT2D eigenvalue weighted by molar-refractivity contribution is -0.152. The van der Waals surface area contributed by atoms with Crippen LogP contribution in [-0.2, 0) is 20.7 Å². The highest BCUT2D eigenvalue weighted by Crippen LogP contribution is 2.21. The summed E-state index contributed by atoms with van der Waals surface area (Å²) >= 11 is 0. The Hall–Kier alpha value is -2.08. The Bertz CT molecular complexity index is 491. The van der Waals surface area contributed by atoms with Gasteiger partial charge in [-0.15, -0.1) is 0 Å². The van der Waals surface area contributed by atoms with Gasteiger partial charge in [0.25, 0.3) is 0 Å². The van der Waals surface area contributed by atoms with Crippen LogP contribution < -0.4 is 5.32 Å². The van der Waals surface area contributed by atoms with Gasteiger partial charge in [-0.3, -0.25) is 4.79 Å². The van der Waals surface area contributed by atoms with Crippen molar-refractivity contribution in [2.45, 2.75) is 24.8 Å². The standard InChI is InChI=1S/C14H17NO5/c16-11-3-1-10(2-4-11)9-12(17)15-14(13(18)19)5-7-20-8-6-14/h1-4,16H,5-9H2,(H,15,17)(H,18,19). The van der Waals surface area contributed by atoms with Crippen molar-refractivity contribution in [1.82, 2.24) is 5.32 Å². The van der Waals surface area contributed by atoms with Gasteiger partial charge < -0.3 is 20.3 Å². The van der Waals surface area contributed by atoms with Crippen molar-refractivity contribution in [3.63, 3.8) is 0 Å². The SMILES string of the molecule is O=C(Cc1ccc(O)cc1)NC1(C(=O)O)CCOCC1. The zero-order valence-electron chi connectivity index (χ0n) is 11.0. The van der Waals surface area contributed by atoms with E-state index in [9.17, 15) is 19.8 Å². The Balaban J connectivity index is 2.01. The lowest BCUT2D eigenvalue weighted by atomic mass is 9.90. The van der Waals surface area contributed by atoms with Gasteiger partial charge in [0.2, 0.25) is 5.91 Å². The van der Waals surface area contributed by atoms with E-state index in [1.54, 1.807) is 12.1 Å². The molecule has 0 aromatic heterocycles. The van der Waals surface area contributed by atoms with Crippen LogP contribution in [0.15, 0.2) is 24.3 Å². The average Bonchev–Trinajstić information content (AvgIpc) is 2.42. The number of aromatic hydroxyl groups is 1. The van der Waals surface area contributed by atoms with Crippen LogP contribution in [0.1, 0.15) is 18.4 Å². The number of phenolic OH excluding ortho intramolecular Hbond substituents is 1. The molecule has 0 saturated carbocycles. The van der Waals surface area contributed by atoms with Crippen molar-refractivity contribution in [3.8, 4) is 5.75 Å². The van der Waals surface area contributed by atoms with E-state index in [0.717, 1.165) is 0 Å². The summed E-state index contributed by atoms with van der Waals surface area (Å²) in [5.74, 6) is -1.25. The molecule has 2 rings (SSSR count). The Morgan fingerprint density at radius 2 is 1.80 bits per heavy atom. The predicted octanol–water partition coefficient (Wildman–Crippen LogP) is 0.685. The normalized spacial score (nSPS) is 17.4. The minimum atomic E-state index is -1.23. The van der Waals surface area contributed by atoms with E-state index in [-0.39, 0.29) is 30.9 Å². The maximum Gasteiger partial charge on any atom is 0.329 e. The summed E-state index contributed by atoms with van der Waals surface area (Å²) in [6.45, 7) is 0.650. The zero-order valence-corrected chi connectivity index (χ0v) is 11.0. The summed E-state index contributed by atoms with van der Waals surface area (Å²) in [5.41, 5.74) is -0.514. The van der Waals surface area contributed by atoms with Crippen molar-refractivity contribution in [2.24, 2.45) is 0 Å². The predicted molar refractivity (Wildman–Crippen MR) is 70.4 cm³/mol. The second-order valence-electron chi connectivity index (χ2n) is 4.89. The maximum atomic E-state index is 12.0.